The highest BCUT2D eigenvalue weighted by atomic mass is 16.3. The summed E-state index contributed by atoms with van der Waals surface area (Å²) in [5.41, 5.74) is 3.56. The van der Waals surface area contributed by atoms with Gasteiger partial charge in [0.15, 0.2) is 5.60 Å². The lowest BCUT2D eigenvalue weighted by Gasteiger charge is -2.27. The molecule has 4 heteroatoms. The number of amides is 1. The van der Waals surface area contributed by atoms with Crippen molar-refractivity contribution in [1.82, 2.24) is 5.43 Å². The zero-order valence-electron chi connectivity index (χ0n) is 14.5. The van der Waals surface area contributed by atoms with Crippen LogP contribution in [-0.2, 0) is 10.4 Å². The van der Waals surface area contributed by atoms with E-state index in [4.69, 9.17) is 0 Å². The van der Waals surface area contributed by atoms with E-state index in [1.807, 2.05) is 43.3 Å². The van der Waals surface area contributed by atoms with Crippen LogP contribution in [0.2, 0.25) is 0 Å². The maximum atomic E-state index is 12.9. The lowest BCUT2D eigenvalue weighted by atomic mass is 9.85. The molecule has 3 aromatic rings. The first kappa shape index (κ1) is 17.6. The molecule has 3 aromatic carbocycles. The second kappa shape index (κ2) is 7.76. The molecule has 130 valence electrons. The van der Waals surface area contributed by atoms with Gasteiger partial charge >= 0.3 is 0 Å². The van der Waals surface area contributed by atoms with Gasteiger partial charge in [-0.3, -0.25) is 4.79 Å². The van der Waals surface area contributed by atoms with Crippen LogP contribution in [0.4, 0.5) is 0 Å². The van der Waals surface area contributed by atoms with Crippen LogP contribution in [0.1, 0.15) is 22.3 Å². The van der Waals surface area contributed by atoms with Gasteiger partial charge in [0.25, 0.3) is 5.91 Å². The zero-order chi connectivity index (χ0) is 18.4. The van der Waals surface area contributed by atoms with E-state index in [0.29, 0.717) is 11.1 Å². The Morgan fingerprint density at radius 2 is 1.38 bits per heavy atom. The van der Waals surface area contributed by atoms with E-state index in [0.717, 1.165) is 11.1 Å². The van der Waals surface area contributed by atoms with Crippen molar-refractivity contribution in [3.63, 3.8) is 0 Å². The molecule has 4 nitrogen and oxygen atoms in total. The van der Waals surface area contributed by atoms with Crippen molar-refractivity contribution in [1.29, 1.82) is 0 Å². The fourth-order valence-corrected chi connectivity index (χ4v) is 2.76. The first-order valence-corrected chi connectivity index (χ1v) is 8.35. The number of benzene rings is 3. The summed E-state index contributed by atoms with van der Waals surface area (Å²) in [6.07, 6.45) is 1.57. The molecule has 0 fully saturated rings. The molecule has 0 saturated carbocycles. The maximum absolute atomic E-state index is 12.9. The normalized spacial score (nSPS) is 11.5. The van der Waals surface area contributed by atoms with Crippen molar-refractivity contribution in [2.24, 2.45) is 5.10 Å². The van der Waals surface area contributed by atoms with Gasteiger partial charge in [0.05, 0.1) is 6.21 Å². The summed E-state index contributed by atoms with van der Waals surface area (Å²) in [7, 11) is 0. The van der Waals surface area contributed by atoms with Crippen LogP contribution in [0, 0.1) is 6.92 Å². The summed E-state index contributed by atoms with van der Waals surface area (Å²) in [4.78, 5) is 12.9. The third-order valence-electron chi connectivity index (χ3n) is 4.27. The fourth-order valence-electron chi connectivity index (χ4n) is 2.76. The van der Waals surface area contributed by atoms with Crippen LogP contribution in [0.3, 0.4) is 0 Å². The Bertz CT molecular complexity index is 866. The zero-order valence-corrected chi connectivity index (χ0v) is 14.5. The van der Waals surface area contributed by atoms with E-state index in [1.165, 1.54) is 0 Å². The average molecular weight is 344 g/mol. The number of carbonyl (C=O) groups is 1. The molecule has 0 radical (unpaired) electrons. The minimum Gasteiger partial charge on any atom is -0.372 e. The molecule has 0 atom stereocenters. The van der Waals surface area contributed by atoms with E-state index in [9.17, 15) is 9.90 Å². The Kier molecular flexibility index (Phi) is 5.25. The van der Waals surface area contributed by atoms with E-state index >= 15 is 0 Å². The predicted molar refractivity (Wildman–Crippen MR) is 103 cm³/mol. The first-order chi connectivity index (χ1) is 12.6. The summed E-state index contributed by atoms with van der Waals surface area (Å²) >= 11 is 0. The number of hydrogen-bond acceptors (Lipinski definition) is 3. The molecule has 0 spiro atoms. The summed E-state index contributed by atoms with van der Waals surface area (Å²) in [5.74, 6) is -0.611. The van der Waals surface area contributed by atoms with Gasteiger partial charge < -0.3 is 5.11 Å². The smallest absolute Gasteiger partial charge is 0.281 e. The second-order valence-corrected chi connectivity index (χ2v) is 6.00. The number of hydrogen-bond donors (Lipinski definition) is 2. The number of aliphatic hydroxyl groups is 1. The molecule has 0 unspecified atom stereocenters. The van der Waals surface area contributed by atoms with Crippen LogP contribution in [0.15, 0.2) is 90.0 Å². The molecular formula is C22H20N2O2. The minimum atomic E-state index is -1.83. The molecule has 0 aliphatic rings. The number of aryl methyl sites for hydroxylation is 1. The monoisotopic (exact) mass is 344 g/mol. The molecule has 0 aliphatic heterocycles. The van der Waals surface area contributed by atoms with Gasteiger partial charge in [0.2, 0.25) is 0 Å². The largest absolute Gasteiger partial charge is 0.372 e. The first-order valence-electron chi connectivity index (χ1n) is 8.35. The molecule has 0 bridgehead atoms. The summed E-state index contributed by atoms with van der Waals surface area (Å²) < 4.78 is 0. The lowest BCUT2D eigenvalue weighted by Crippen LogP contribution is -2.43. The standard InChI is InChI=1S/C22H20N2O2/c1-17-10-8-9-11-18(17)16-23-24-21(25)22(26,19-12-4-2-5-13-19)20-14-6-3-7-15-20/h2-16,26H,1H3,(H,24,25). The molecule has 0 saturated heterocycles. The van der Waals surface area contributed by atoms with Crippen LogP contribution in [0.25, 0.3) is 0 Å². The third kappa shape index (κ3) is 3.55. The highest BCUT2D eigenvalue weighted by Crippen LogP contribution is 2.29. The van der Waals surface area contributed by atoms with E-state index < -0.39 is 11.5 Å². The Morgan fingerprint density at radius 3 is 1.92 bits per heavy atom. The molecule has 3 rings (SSSR count). The Labute approximate surface area is 152 Å². The Morgan fingerprint density at radius 1 is 0.885 bits per heavy atom. The average Bonchev–Trinajstić information content (AvgIpc) is 2.70. The van der Waals surface area contributed by atoms with Crippen molar-refractivity contribution in [2.75, 3.05) is 0 Å². The third-order valence-corrected chi connectivity index (χ3v) is 4.27. The molecule has 0 heterocycles. The summed E-state index contributed by atoms with van der Waals surface area (Å²) in [6, 6.07) is 25.4. The van der Waals surface area contributed by atoms with Gasteiger partial charge in [0.1, 0.15) is 0 Å². The van der Waals surface area contributed by atoms with Gasteiger partial charge in [-0.25, -0.2) is 5.43 Å². The van der Waals surface area contributed by atoms with Crippen molar-refractivity contribution < 1.29 is 9.90 Å². The molecular weight excluding hydrogens is 324 g/mol. The van der Waals surface area contributed by atoms with Crippen molar-refractivity contribution in [2.45, 2.75) is 12.5 Å². The van der Waals surface area contributed by atoms with E-state index in [-0.39, 0.29) is 0 Å². The van der Waals surface area contributed by atoms with Crippen molar-refractivity contribution in [3.8, 4) is 0 Å². The minimum absolute atomic E-state index is 0.481. The number of carbonyl (C=O) groups excluding carboxylic acids is 1. The maximum Gasteiger partial charge on any atom is 0.281 e. The summed E-state index contributed by atoms with van der Waals surface area (Å²) in [5, 5.41) is 15.3. The summed E-state index contributed by atoms with van der Waals surface area (Å²) in [6.45, 7) is 1.97. The second-order valence-electron chi connectivity index (χ2n) is 6.00. The quantitative estimate of drug-likeness (QED) is 0.550. The van der Waals surface area contributed by atoms with Gasteiger partial charge in [0, 0.05) is 0 Å². The highest BCUT2D eigenvalue weighted by molar-refractivity contribution is 5.91. The predicted octanol–water partition coefficient (Wildman–Crippen LogP) is 3.38. The molecule has 26 heavy (non-hydrogen) atoms. The molecule has 1 amide bonds. The van der Waals surface area contributed by atoms with E-state index in [2.05, 4.69) is 10.5 Å². The number of nitrogens with zero attached hydrogens (tertiary/aromatic N) is 1. The molecule has 2 N–H and O–H groups in total. The Balaban J connectivity index is 1.90. The van der Waals surface area contributed by atoms with Crippen LogP contribution in [-0.4, -0.2) is 17.2 Å². The van der Waals surface area contributed by atoms with E-state index in [1.54, 1.807) is 54.7 Å². The fraction of sp³-hybridized carbons (Fsp3) is 0.0909. The van der Waals surface area contributed by atoms with Crippen LogP contribution >= 0.6 is 0 Å². The number of nitrogens with one attached hydrogen (secondary N) is 1. The number of rotatable bonds is 5. The van der Waals surface area contributed by atoms with Crippen LogP contribution in [0.5, 0.6) is 0 Å². The molecule has 0 aromatic heterocycles. The molecule has 0 aliphatic carbocycles. The SMILES string of the molecule is Cc1ccccc1C=NNC(=O)C(O)(c1ccccc1)c1ccccc1. The van der Waals surface area contributed by atoms with Crippen molar-refractivity contribution >= 4 is 12.1 Å². The number of hydrazone groups is 1. The Hall–Kier alpha value is -3.24. The van der Waals surface area contributed by atoms with Gasteiger partial charge in [-0.15, -0.1) is 0 Å². The van der Waals surface area contributed by atoms with Crippen molar-refractivity contribution in [3.05, 3.63) is 107 Å². The highest BCUT2D eigenvalue weighted by Gasteiger charge is 2.39. The van der Waals surface area contributed by atoms with Gasteiger partial charge in [-0.2, -0.15) is 5.10 Å². The lowest BCUT2D eigenvalue weighted by molar-refractivity contribution is -0.136. The van der Waals surface area contributed by atoms with Gasteiger partial charge in [-0.05, 0) is 29.2 Å². The van der Waals surface area contributed by atoms with Crippen LogP contribution < -0.4 is 5.43 Å². The topological polar surface area (TPSA) is 61.7 Å². The van der Waals surface area contributed by atoms with Gasteiger partial charge in [-0.1, -0.05) is 84.9 Å².